The molecule has 0 spiro atoms. The highest BCUT2D eigenvalue weighted by Gasteiger charge is 2.19. The number of rotatable bonds is 5. The molecule has 0 bridgehead atoms. The van der Waals surface area contributed by atoms with Crippen molar-refractivity contribution in [2.45, 2.75) is 27.2 Å². The summed E-state index contributed by atoms with van der Waals surface area (Å²) in [5, 5.41) is 0. The lowest BCUT2D eigenvalue weighted by Gasteiger charge is -2.24. The SMILES string of the molecule is COc1cc(C)c(CC(C)(C)CN)cc1OC. The molecule has 3 nitrogen and oxygen atoms in total. The molecular formula is C14H23NO2. The van der Waals surface area contributed by atoms with Gasteiger partial charge >= 0.3 is 0 Å². The minimum atomic E-state index is 0.102. The predicted molar refractivity (Wildman–Crippen MR) is 70.8 cm³/mol. The Hall–Kier alpha value is -1.22. The number of ether oxygens (including phenoxy) is 2. The Morgan fingerprint density at radius 2 is 1.65 bits per heavy atom. The van der Waals surface area contributed by atoms with E-state index in [-0.39, 0.29) is 5.41 Å². The van der Waals surface area contributed by atoms with Crippen LogP contribution in [0.15, 0.2) is 12.1 Å². The van der Waals surface area contributed by atoms with E-state index >= 15 is 0 Å². The summed E-state index contributed by atoms with van der Waals surface area (Å²) >= 11 is 0. The molecular weight excluding hydrogens is 214 g/mol. The predicted octanol–water partition coefficient (Wildman–Crippen LogP) is 2.54. The largest absolute Gasteiger partial charge is 0.493 e. The Balaban J connectivity index is 3.09. The van der Waals surface area contributed by atoms with Crippen molar-refractivity contribution >= 4 is 0 Å². The first kappa shape index (κ1) is 13.8. The molecule has 1 aromatic carbocycles. The van der Waals surface area contributed by atoms with Crippen molar-refractivity contribution in [3.63, 3.8) is 0 Å². The lowest BCUT2D eigenvalue weighted by atomic mass is 9.84. The zero-order valence-electron chi connectivity index (χ0n) is 11.5. The second-order valence-corrected chi connectivity index (χ2v) is 5.18. The van der Waals surface area contributed by atoms with Gasteiger partial charge in [0.1, 0.15) is 0 Å². The van der Waals surface area contributed by atoms with Crippen LogP contribution in [0.4, 0.5) is 0 Å². The molecule has 0 aliphatic heterocycles. The topological polar surface area (TPSA) is 44.5 Å². The Morgan fingerprint density at radius 1 is 1.12 bits per heavy atom. The third kappa shape index (κ3) is 3.37. The highest BCUT2D eigenvalue weighted by Crippen LogP contribution is 2.33. The average Bonchev–Trinajstić information content (AvgIpc) is 2.31. The van der Waals surface area contributed by atoms with Crippen LogP contribution in [0, 0.1) is 12.3 Å². The second kappa shape index (κ2) is 5.41. The smallest absolute Gasteiger partial charge is 0.161 e. The fourth-order valence-corrected chi connectivity index (χ4v) is 1.80. The van der Waals surface area contributed by atoms with Crippen molar-refractivity contribution in [3.8, 4) is 11.5 Å². The van der Waals surface area contributed by atoms with Crippen LogP contribution in [-0.4, -0.2) is 20.8 Å². The molecule has 0 aromatic heterocycles. The number of aryl methyl sites for hydroxylation is 1. The van der Waals surface area contributed by atoms with Gasteiger partial charge in [-0.2, -0.15) is 0 Å². The summed E-state index contributed by atoms with van der Waals surface area (Å²) in [6, 6.07) is 4.06. The number of hydrogen-bond acceptors (Lipinski definition) is 3. The molecule has 1 rings (SSSR count). The maximum atomic E-state index is 5.77. The monoisotopic (exact) mass is 237 g/mol. The van der Waals surface area contributed by atoms with E-state index in [1.807, 2.05) is 12.1 Å². The Bertz CT molecular complexity index is 386. The van der Waals surface area contributed by atoms with E-state index in [1.54, 1.807) is 14.2 Å². The zero-order chi connectivity index (χ0) is 13.1. The van der Waals surface area contributed by atoms with Gasteiger partial charge in [0, 0.05) is 0 Å². The van der Waals surface area contributed by atoms with Gasteiger partial charge in [-0.05, 0) is 48.6 Å². The molecule has 0 heterocycles. The highest BCUT2D eigenvalue weighted by atomic mass is 16.5. The quantitative estimate of drug-likeness (QED) is 0.856. The first-order chi connectivity index (χ1) is 7.93. The van der Waals surface area contributed by atoms with Gasteiger partial charge in [0.15, 0.2) is 11.5 Å². The summed E-state index contributed by atoms with van der Waals surface area (Å²) in [7, 11) is 3.31. The van der Waals surface area contributed by atoms with Crippen molar-refractivity contribution in [2.75, 3.05) is 20.8 Å². The maximum absolute atomic E-state index is 5.77. The summed E-state index contributed by atoms with van der Waals surface area (Å²) in [5.74, 6) is 1.56. The Labute approximate surface area is 104 Å². The van der Waals surface area contributed by atoms with Crippen LogP contribution in [0.3, 0.4) is 0 Å². The molecule has 96 valence electrons. The van der Waals surface area contributed by atoms with Gasteiger partial charge in [0.2, 0.25) is 0 Å². The minimum absolute atomic E-state index is 0.102. The average molecular weight is 237 g/mol. The van der Waals surface area contributed by atoms with Crippen LogP contribution in [-0.2, 0) is 6.42 Å². The first-order valence-electron chi connectivity index (χ1n) is 5.85. The van der Waals surface area contributed by atoms with Crippen molar-refractivity contribution < 1.29 is 9.47 Å². The van der Waals surface area contributed by atoms with Crippen molar-refractivity contribution in [1.82, 2.24) is 0 Å². The minimum Gasteiger partial charge on any atom is -0.493 e. The molecule has 0 fully saturated rings. The Morgan fingerprint density at radius 3 is 2.12 bits per heavy atom. The van der Waals surface area contributed by atoms with E-state index in [0.29, 0.717) is 6.54 Å². The third-order valence-corrected chi connectivity index (χ3v) is 3.06. The van der Waals surface area contributed by atoms with Crippen LogP contribution < -0.4 is 15.2 Å². The summed E-state index contributed by atoms with van der Waals surface area (Å²) in [6.07, 6.45) is 0.940. The summed E-state index contributed by atoms with van der Waals surface area (Å²) in [4.78, 5) is 0. The lowest BCUT2D eigenvalue weighted by Crippen LogP contribution is -2.26. The molecule has 0 aliphatic rings. The van der Waals surface area contributed by atoms with Crippen LogP contribution in [0.5, 0.6) is 11.5 Å². The van der Waals surface area contributed by atoms with Gasteiger partial charge in [-0.1, -0.05) is 13.8 Å². The fourth-order valence-electron chi connectivity index (χ4n) is 1.80. The molecule has 0 atom stereocenters. The highest BCUT2D eigenvalue weighted by molar-refractivity contribution is 5.47. The number of hydrogen-bond donors (Lipinski definition) is 1. The summed E-state index contributed by atoms with van der Waals surface area (Å²) in [5.41, 5.74) is 8.35. The molecule has 1 aromatic rings. The van der Waals surface area contributed by atoms with Crippen molar-refractivity contribution in [1.29, 1.82) is 0 Å². The number of methoxy groups -OCH3 is 2. The van der Waals surface area contributed by atoms with E-state index in [2.05, 4.69) is 20.8 Å². The van der Waals surface area contributed by atoms with Gasteiger partial charge in [-0.3, -0.25) is 0 Å². The van der Waals surface area contributed by atoms with E-state index in [1.165, 1.54) is 11.1 Å². The van der Waals surface area contributed by atoms with Gasteiger partial charge in [0.25, 0.3) is 0 Å². The molecule has 0 saturated carbocycles. The van der Waals surface area contributed by atoms with Crippen LogP contribution in [0.25, 0.3) is 0 Å². The van der Waals surface area contributed by atoms with Crippen LogP contribution in [0.2, 0.25) is 0 Å². The molecule has 0 radical (unpaired) electrons. The second-order valence-electron chi connectivity index (χ2n) is 5.18. The van der Waals surface area contributed by atoms with Gasteiger partial charge in [-0.15, -0.1) is 0 Å². The molecule has 17 heavy (non-hydrogen) atoms. The Kier molecular flexibility index (Phi) is 4.40. The maximum Gasteiger partial charge on any atom is 0.161 e. The molecule has 0 amide bonds. The van der Waals surface area contributed by atoms with Gasteiger partial charge in [-0.25, -0.2) is 0 Å². The summed E-state index contributed by atoms with van der Waals surface area (Å²) in [6.45, 7) is 7.09. The van der Waals surface area contributed by atoms with E-state index in [9.17, 15) is 0 Å². The molecule has 0 saturated heterocycles. The zero-order valence-corrected chi connectivity index (χ0v) is 11.5. The van der Waals surface area contributed by atoms with Gasteiger partial charge < -0.3 is 15.2 Å². The van der Waals surface area contributed by atoms with E-state index < -0.39 is 0 Å². The molecule has 2 N–H and O–H groups in total. The standard InChI is InChI=1S/C14H23NO2/c1-10-6-12(16-4)13(17-5)7-11(10)8-14(2,3)9-15/h6-7H,8-9,15H2,1-5H3. The third-order valence-electron chi connectivity index (χ3n) is 3.06. The summed E-state index contributed by atoms with van der Waals surface area (Å²) < 4.78 is 10.6. The molecule has 0 aliphatic carbocycles. The molecule has 3 heteroatoms. The van der Waals surface area contributed by atoms with Crippen molar-refractivity contribution in [3.05, 3.63) is 23.3 Å². The number of nitrogens with two attached hydrogens (primary N) is 1. The molecule has 0 unspecified atom stereocenters. The van der Waals surface area contributed by atoms with E-state index in [0.717, 1.165) is 17.9 Å². The van der Waals surface area contributed by atoms with Crippen LogP contribution >= 0.6 is 0 Å². The number of benzene rings is 1. The first-order valence-corrected chi connectivity index (χ1v) is 5.85. The van der Waals surface area contributed by atoms with E-state index in [4.69, 9.17) is 15.2 Å². The normalized spacial score (nSPS) is 11.4. The van der Waals surface area contributed by atoms with Gasteiger partial charge in [0.05, 0.1) is 14.2 Å². The van der Waals surface area contributed by atoms with Crippen molar-refractivity contribution in [2.24, 2.45) is 11.1 Å². The fraction of sp³-hybridized carbons (Fsp3) is 0.571. The lowest BCUT2D eigenvalue weighted by molar-refractivity contribution is 0.350. The van der Waals surface area contributed by atoms with Crippen LogP contribution in [0.1, 0.15) is 25.0 Å².